The molecule has 1 heterocycles. The molecule has 0 aromatic carbocycles. The molecular formula is C7H14ClNO2S2. The lowest BCUT2D eigenvalue weighted by Gasteiger charge is -2.22. The average molecular weight is 244 g/mol. The Morgan fingerprint density at radius 3 is 2.77 bits per heavy atom. The summed E-state index contributed by atoms with van der Waals surface area (Å²) >= 11 is 7.23. The van der Waals surface area contributed by atoms with Gasteiger partial charge in [0.15, 0.2) is 0 Å². The van der Waals surface area contributed by atoms with Gasteiger partial charge in [-0.2, -0.15) is 11.8 Å². The molecule has 1 atom stereocenters. The molecule has 0 spiro atoms. The van der Waals surface area contributed by atoms with E-state index in [1.54, 1.807) is 18.8 Å². The normalized spacial score (nSPS) is 24.1. The smallest absolute Gasteiger partial charge is 0.212 e. The summed E-state index contributed by atoms with van der Waals surface area (Å²) in [5, 5.41) is 0. The maximum atomic E-state index is 11.5. The van der Waals surface area contributed by atoms with Gasteiger partial charge in [0.1, 0.15) is 0 Å². The van der Waals surface area contributed by atoms with Crippen molar-refractivity contribution in [3.63, 3.8) is 0 Å². The van der Waals surface area contributed by atoms with E-state index >= 15 is 0 Å². The Morgan fingerprint density at radius 2 is 2.31 bits per heavy atom. The van der Waals surface area contributed by atoms with Crippen LogP contribution in [0.1, 0.15) is 6.42 Å². The second kappa shape index (κ2) is 4.87. The number of sulfonamides is 1. The van der Waals surface area contributed by atoms with Crippen molar-refractivity contribution in [3.05, 3.63) is 0 Å². The van der Waals surface area contributed by atoms with Crippen LogP contribution in [0.15, 0.2) is 0 Å². The summed E-state index contributed by atoms with van der Waals surface area (Å²) in [5.74, 6) is 2.20. The minimum absolute atomic E-state index is 0.0478. The van der Waals surface area contributed by atoms with E-state index in [0.29, 0.717) is 0 Å². The molecule has 13 heavy (non-hydrogen) atoms. The average Bonchev–Trinajstić information content (AvgIpc) is 2.54. The second-order valence-corrected chi connectivity index (χ2v) is 6.71. The van der Waals surface area contributed by atoms with E-state index in [1.165, 1.54) is 4.31 Å². The monoisotopic (exact) mass is 243 g/mol. The molecule has 0 aliphatic carbocycles. The first kappa shape index (κ1) is 11.6. The van der Waals surface area contributed by atoms with Crippen molar-refractivity contribution in [2.45, 2.75) is 12.5 Å². The summed E-state index contributed by atoms with van der Waals surface area (Å²) in [5.41, 5.74) is 0. The molecule has 0 N–H and O–H groups in total. The highest BCUT2D eigenvalue weighted by Gasteiger charge is 2.28. The van der Waals surface area contributed by atoms with Crippen molar-refractivity contribution in [1.29, 1.82) is 0 Å². The van der Waals surface area contributed by atoms with Gasteiger partial charge in [0.25, 0.3) is 0 Å². The molecule has 0 aromatic heterocycles. The molecule has 0 amide bonds. The Balaban J connectivity index is 2.59. The molecule has 6 heteroatoms. The zero-order valence-corrected chi connectivity index (χ0v) is 9.96. The molecule has 1 rings (SSSR count). The number of hydrogen-bond acceptors (Lipinski definition) is 3. The van der Waals surface area contributed by atoms with Gasteiger partial charge in [0, 0.05) is 24.7 Å². The van der Waals surface area contributed by atoms with Crippen LogP contribution >= 0.6 is 23.4 Å². The molecule has 1 fully saturated rings. The maximum Gasteiger partial charge on any atom is 0.215 e. The van der Waals surface area contributed by atoms with E-state index in [0.717, 1.165) is 17.9 Å². The Bertz CT molecular complexity index is 249. The Hall–Kier alpha value is 0.550. The first-order valence-corrected chi connectivity index (χ1v) is 7.47. The maximum absolute atomic E-state index is 11.5. The van der Waals surface area contributed by atoms with Crippen LogP contribution in [0.2, 0.25) is 0 Å². The van der Waals surface area contributed by atoms with Crippen LogP contribution in [-0.4, -0.2) is 49.0 Å². The van der Waals surface area contributed by atoms with Crippen molar-refractivity contribution in [2.24, 2.45) is 0 Å². The fraction of sp³-hybridized carbons (Fsp3) is 1.00. The van der Waals surface area contributed by atoms with E-state index in [-0.39, 0.29) is 17.7 Å². The molecule has 3 nitrogen and oxygen atoms in total. The van der Waals surface area contributed by atoms with Crippen molar-refractivity contribution >= 4 is 33.4 Å². The van der Waals surface area contributed by atoms with Crippen LogP contribution in [-0.2, 0) is 10.0 Å². The van der Waals surface area contributed by atoms with Crippen molar-refractivity contribution in [1.82, 2.24) is 4.31 Å². The third-order valence-corrected chi connectivity index (χ3v) is 5.65. The molecule has 78 valence electrons. The van der Waals surface area contributed by atoms with Crippen LogP contribution in [0, 0.1) is 0 Å². The molecule has 0 bridgehead atoms. The lowest BCUT2D eigenvalue weighted by Crippen LogP contribution is -2.38. The quantitative estimate of drug-likeness (QED) is 0.692. The number of halogens is 1. The zero-order chi connectivity index (χ0) is 9.90. The third kappa shape index (κ3) is 3.01. The van der Waals surface area contributed by atoms with Gasteiger partial charge >= 0.3 is 0 Å². The van der Waals surface area contributed by atoms with Crippen LogP contribution in [0.5, 0.6) is 0 Å². The first-order valence-electron chi connectivity index (χ1n) is 4.17. The predicted octanol–water partition coefficient (Wildman–Crippen LogP) is 0.992. The van der Waals surface area contributed by atoms with Gasteiger partial charge in [0.2, 0.25) is 10.0 Å². The molecule has 0 radical (unpaired) electrons. The fourth-order valence-corrected chi connectivity index (χ4v) is 4.34. The predicted molar refractivity (Wildman–Crippen MR) is 58.0 cm³/mol. The molecular weight excluding hydrogens is 230 g/mol. The lowest BCUT2D eigenvalue weighted by molar-refractivity contribution is 0.395. The second-order valence-electron chi connectivity index (χ2n) is 3.04. The molecule has 0 saturated carbocycles. The van der Waals surface area contributed by atoms with E-state index in [1.807, 2.05) is 0 Å². The molecule has 1 unspecified atom stereocenters. The van der Waals surface area contributed by atoms with Crippen molar-refractivity contribution in [2.75, 3.05) is 30.2 Å². The number of thioether (sulfide) groups is 1. The summed E-state index contributed by atoms with van der Waals surface area (Å²) < 4.78 is 24.6. The van der Waals surface area contributed by atoms with E-state index in [4.69, 9.17) is 11.6 Å². The Kier molecular flexibility index (Phi) is 4.35. The topological polar surface area (TPSA) is 37.4 Å². The van der Waals surface area contributed by atoms with E-state index in [2.05, 4.69) is 0 Å². The number of hydrogen-bond donors (Lipinski definition) is 0. The van der Waals surface area contributed by atoms with Gasteiger partial charge < -0.3 is 0 Å². The number of alkyl halides is 1. The van der Waals surface area contributed by atoms with Crippen LogP contribution < -0.4 is 0 Å². The molecule has 1 aliphatic heterocycles. The summed E-state index contributed by atoms with van der Waals surface area (Å²) in [4.78, 5) is 0. The van der Waals surface area contributed by atoms with Gasteiger partial charge in [-0.3, -0.25) is 0 Å². The van der Waals surface area contributed by atoms with Crippen molar-refractivity contribution < 1.29 is 8.42 Å². The highest BCUT2D eigenvalue weighted by Crippen LogP contribution is 2.23. The highest BCUT2D eigenvalue weighted by atomic mass is 35.5. The van der Waals surface area contributed by atoms with E-state index in [9.17, 15) is 8.42 Å². The number of nitrogens with zero attached hydrogens (tertiary/aromatic N) is 1. The highest BCUT2D eigenvalue weighted by molar-refractivity contribution is 7.99. The summed E-state index contributed by atoms with van der Waals surface area (Å²) in [6.07, 6.45) is 0.961. The SMILES string of the molecule is CN(C1CCSC1)S(=O)(=O)CCCl. The van der Waals surface area contributed by atoms with Crippen molar-refractivity contribution in [3.8, 4) is 0 Å². The number of rotatable bonds is 4. The molecule has 0 aromatic rings. The minimum atomic E-state index is -3.11. The van der Waals surface area contributed by atoms with Crippen LogP contribution in [0.4, 0.5) is 0 Å². The van der Waals surface area contributed by atoms with Crippen LogP contribution in [0.3, 0.4) is 0 Å². The molecule has 1 saturated heterocycles. The lowest BCUT2D eigenvalue weighted by atomic mass is 10.3. The summed E-state index contributed by atoms with van der Waals surface area (Å²) in [6.45, 7) is 0. The summed E-state index contributed by atoms with van der Waals surface area (Å²) in [7, 11) is -1.45. The Labute approximate surface area is 88.9 Å². The van der Waals surface area contributed by atoms with Crippen LogP contribution in [0.25, 0.3) is 0 Å². The van der Waals surface area contributed by atoms with Gasteiger partial charge in [0.05, 0.1) is 5.75 Å². The Morgan fingerprint density at radius 1 is 1.62 bits per heavy atom. The summed E-state index contributed by atoms with van der Waals surface area (Å²) in [6, 6.07) is 0.179. The fourth-order valence-electron chi connectivity index (χ4n) is 1.28. The standard InChI is InChI=1S/C7H14ClNO2S2/c1-9(7-2-4-12-6-7)13(10,11)5-3-8/h7H,2-6H2,1H3. The largest absolute Gasteiger partial charge is 0.215 e. The molecule has 1 aliphatic rings. The van der Waals surface area contributed by atoms with Gasteiger partial charge in [-0.15, -0.1) is 11.6 Å². The third-order valence-electron chi connectivity index (χ3n) is 2.19. The first-order chi connectivity index (χ1) is 6.08. The minimum Gasteiger partial charge on any atom is -0.212 e. The zero-order valence-electron chi connectivity index (χ0n) is 7.57. The van der Waals surface area contributed by atoms with E-state index < -0.39 is 10.0 Å². The van der Waals surface area contributed by atoms with Gasteiger partial charge in [-0.05, 0) is 12.2 Å². The van der Waals surface area contributed by atoms with Gasteiger partial charge in [-0.25, -0.2) is 12.7 Å². The van der Waals surface area contributed by atoms with Gasteiger partial charge in [-0.1, -0.05) is 0 Å².